The number of nitrogens with one attached hydrogen (secondary N) is 1. The van der Waals surface area contributed by atoms with Gasteiger partial charge in [-0.25, -0.2) is 0 Å². The van der Waals surface area contributed by atoms with Crippen LogP contribution in [0.25, 0.3) is 0 Å². The number of amides is 1. The van der Waals surface area contributed by atoms with E-state index in [1.54, 1.807) is 0 Å². The van der Waals surface area contributed by atoms with Gasteiger partial charge in [-0.05, 0) is 12.8 Å². The van der Waals surface area contributed by atoms with E-state index in [9.17, 15) is 9.59 Å². The Morgan fingerprint density at radius 1 is 1.70 bits per heavy atom. The van der Waals surface area contributed by atoms with Crippen molar-refractivity contribution in [3.63, 3.8) is 0 Å². The molecule has 0 aromatic rings. The Kier molecular flexibility index (Phi) is 1.74. The Balaban J connectivity index is 2.72. The van der Waals surface area contributed by atoms with E-state index in [0.29, 0.717) is 6.54 Å². The number of rotatable bonds is 1. The van der Waals surface area contributed by atoms with Gasteiger partial charge in [-0.1, -0.05) is 6.92 Å². The van der Waals surface area contributed by atoms with Gasteiger partial charge in [0.2, 0.25) is 5.91 Å². The van der Waals surface area contributed by atoms with Crippen LogP contribution in [0.1, 0.15) is 13.8 Å². The normalized spacial score (nSPS) is 32.0. The minimum atomic E-state index is -0.389. The molecule has 1 aliphatic rings. The van der Waals surface area contributed by atoms with Gasteiger partial charge in [0.15, 0.2) is 0 Å². The van der Waals surface area contributed by atoms with Crippen molar-refractivity contribution in [1.29, 1.82) is 0 Å². The second-order valence-electron chi connectivity index (χ2n) is 2.81. The summed E-state index contributed by atoms with van der Waals surface area (Å²) in [5.74, 6) is -0.354. The molecule has 10 heavy (non-hydrogen) atoms. The molecular formula is C7H11NO2. The predicted octanol–water partition coefficient (Wildman–Crippen LogP) is -0.0425. The Hall–Kier alpha value is -0.860. The van der Waals surface area contributed by atoms with E-state index in [0.717, 1.165) is 0 Å². The minimum Gasteiger partial charge on any atom is -0.355 e. The number of hydrogen-bond donors (Lipinski definition) is 1. The maximum absolute atomic E-state index is 10.9. The van der Waals surface area contributed by atoms with Crippen LogP contribution in [0, 0.1) is 11.8 Å². The van der Waals surface area contributed by atoms with Gasteiger partial charge in [0.1, 0.15) is 11.7 Å². The highest BCUT2D eigenvalue weighted by molar-refractivity contribution is 6.01. The summed E-state index contributed by atoms with van der Waals surface area (Å²) in [6.45, 7) is 4.01. The summed E-state index contributed by atoms with van der Waals surface area (Å²) in [6.07, 6.45) is 0. The maximum Gasteiger partial charge on any atom is 0.230 e. The second-order valence-corrected chi connectivity index (χ2v) is 2.81. The molecule has 0 aromatic carbocycles. The molecule has 1 fully saturated rings. The average Bonchev–Trinajstić information content (AvgIpc) is 2.11. The molecule has 0 radical (unpaired) electrons. The van der Waals surface area contributed by atoms with E-state index in [2.05, 4.69) is 5.32 Å². The van der Waals surface area contributed by atoms with Gasteiger partial charge in [0, 0.05) is 6.54 Å². The largest absolute Gasteiger partial charge is 0.355 e. The molecule has 1 N–H and O–H groups in total. The molecule has 1 aliphatic heterocycles. The predicted molar refractivity (Wildman–Crippen MR) is 36.3 cm³/mol. The summed E-state index contributed by atoms with van der Waals surface area (Å²) >= 11 is 0. The first-order valence-electron chi connectivity index (χ1n) is 3.41. The third-order valence-corrected chi connectivity index (χ3v) is 1.89. The van der Waals surface area contributed by atoms with Crippen molar-refractivity contribution in [1.82, 2.24) is 5.32 Å². The highest BCUT2D eigenvalue weighted by atomic mass is 16.2. The van der Waals surface area contributed by atoms with Crippen molar-refractivity contribution in [2.24, 2.45) is 11.8 Å². The SMILES string of the molecule is CC(=O)C1C(=O)NCC1C. The molecule has 1 amide bonds. The zero-order valence-electron chi connectivity index (χ0n) is 6.18. The lowest BCUT2D eigenvalue weighted by molar-refractivity contribution is -0.131. The van der Waals surface area contributed by atoms with Crippen molar-refractivity contribution >= 4 is 11.7 Å². The van der Waals surface area contributed by atoms with E-state index in [4.69, 9.17) is 0 Å². The van der Waals surface area contributed by atoms with Gasteiger partial charge in [-0.2, -0.15) is 0 Å². The molecule has 3 heteroatoms. The first-order chi connectivity index (χ1) is 4.63. The van der Waals surface area contributed by atoms with Crippen LogP contribution in [0.2, 0.25) is 0 Å². The van der Waals surface area contributed by atoms with Gasteiger partial charge in [0.05, 0.1) is 0 Å². The first kappa shape index (κ1) is 7.25. The van der Waals surface area contributed by atoms with Crippen molar-refractivity contribution in [2.45, 2.75) is 13.8 Å². The van der Waals surface area contributed by atoms with Crippen LogP contribution in [0.4, 0.5) is 0 Å². The topological polar surface area (TPSA) is 46.2 Å². The van der Waals surface area contributed by atoms with Crippen LogP contribution in [-0.4, -0.2) is 18.2 Å². The van der Waals surface area contributed by atoms with Crippen LogP contribution in [0.3, 0.4) is 0 Å². The van der Waals surface area contributed by atoms with Crippen molar-refractivity contribution in [3.8, 4) is 0 Å². The lowest BCUT2D eigenvalue weighted by Crippen LogP contribution is -2.24. The third-order valence-electron chi connectivity index (χ3n) is 1.89. The standard InChI is InChI=1S/C7H11NO2/c1-4-3-8-7(10)6(4)5(2)9/h4,6H,3H2,1-2H3,(H,8,10). The number of hydrogen-bond acceptors (Lipinski definition) is 2. The Morgan fingerprint density at radius 3 is 2.50 bits per heavy atom. The molecule has 56 valence electrons. The van der Waals surface area contributed by atoms with E-state index in [1.165, 1.54) is 6.92 Å². The summed E-state index contributed by atoms with van der Waals surface area (Å²) in [4.78, 5) is 21.7. The van der Waals surface area contributed by atoms with Gasteiger partial charge in [-0.3, -0.25) is 9.59 Å². The fourth-order valence-corrected chi connectivity index (χ4v) is 1.33. The minimum absolute atomic E-state index is 0.0255. The molecule has 0 aromatic heterocycles. The summed E-state index contributed by atoms with van der Waals surface area (Å²) in [6, 6.07) is 0. The molecule has 1 heterocycles. The van der Waals surface area contributed by atoms with Crippen LogP contribution in [-0.2, 0) is 9.59 Å². The lowest BCUT2D eigenvalue weighted by atomic mass is 9.94. The molecule has 2 atom stereocenters. The maximum atomic E-state index is 10.9. The third kappa shape index (κ3) is 1.03. The number of ketones is 1. The quantitative estimate of drug-likeness (QED) is 0.521. The summed E-state index contributed by atoms with van der Waals surface area (Å²) in [7, 11) is 0. The zero-order valence-corrected chi connectivity index (χ0v) is 6.18. The van der Waals surface area contributed by atoms with Gasteiger partial charge in [0.25, 0.3) is 0 Å². The van der Waals surface area contributed by atoms with E-state index < -0.39 is 0 Å². The molecule has 0 spiro atoms. The van der Waals surface area contributed by atoms with Crippen molar-refractivity contribution in [3.05, 3.63) is 0 Å². The fourth-order valence-electron chi connectivity index (χ4n) is 1.33. The molecule has 1 rings (SSSR count). The van der Waals surface area contributed by atoms with Gasteiger partial charge >= 0.3 is 0 Å². The van der Waals surface area contributed by atoms with Crippen LogP contribution in [0.15, 0.2) is 0 Å². The highest BCUT2D eigenvalue weighted by Crippen LogP contribution is 2.17. The molecule has 0 saturated carbocycles. The fraction of sp³-hybridized carbons (Fsp3) is 0.714. The monoisotopic (exact) mass is 141 g/mol. The van der Waals surface area contributed by atoms with Gasteiger partial charge in [-0.15, -0.1) is 0 Å². The van der Waals surface area contributed by atoms with Crippen LogP contribution < -0.4 is 5.32 Å². The van der Waals surface area contributed by atoms with Gasteiger partial charge < -0.3 is 5.32 Å². The second kappa shape index (κ2) is 2.40. The number of carbonyl (C=O) groups is 2. The molecule has 2 unspecified atom stereocenters. The Bertz CT molecular complexity index is 176. The summed E-state index contributed by atoms with van der Waals surface area (Å²) in [5.41, 5.74) is 0. The molecule has 3 nitrogen and oxygen atoms in total. The van der Waals surface area contributed by atoms with E-state index >= 15 is 0 Å². The van der Waals surface area contributed by atoms with E-state index in [1.807, 2.05) is 6.92 Å². The Labute approximate surface area is 59.8 Å². The smallest absolute Gasteiger partial charge is 0.230 e. The molecule has 0 bridgehead atoms. The average molecular weight is 141 g/mol. The first-order valence-corrected chi connectivity index (χ1v) is 3.41. The number of Topliss-reactive ketones (excluding diaryl/α,β-unsaturated/α-hetero) is 1. The number of carbonyl (C=O) groups excluding carboxylic acids is 2. The van der Waals surface area contributed by atoms with Crippen LogP contribution >= 0.6 is 0 Å². The summed E-state index contributed by atoms with van der Waals surface area (Å²) < 4.78 is 0. The van der Waals surface area contributed by atoms with Crippen molar-refractivity contribution < 1.29 is 9.59 Å². The Morgan fingerprint density at radius 2 is 2.30 bits per heavy atom. The molecular weight excluding hydrogens is 130 g/mol. The molecule has 0 aliphatic carbocycles. The van der Waals surface area contributed by atoms with E-state index in [-0.39, 0.29) is 23.5 Å². The zero-order chi connectivity index (χ0) is 7.72. The lowest BCUT2D eigenvalue weighted by Gasteiger charge is -2.05. The summed E-state index contributed by atoms with van der Waals surface area (Å²) in [5, 5.41) is 2.64. The van der Waals surface area contributed by atoms with Crippen LogP contribution in [0.5, 0.6) is 0 Å². The highest BCUT2D eigenvalue weighted by Gasteiger charge is 2.34. The van der Waals surface area contributed by atoms with Crippen molar-refractivity contribution in [2.75, 3.05) is 6.54 Å². The molecule has 1 saturated heterocycles.